The molecule has 0 saturated heterocycles. The van der Waals surface area contributed by atoms with Gasteiger partial charge in [0.15, 0.2) is 11.5 Å². The van der Waals surface area contributed by atoms with Gasteiger partial charge in [-0.2, -0.15) is 0 Å². The van der Waals surface area contributed by atoms with Gasteiger partial charge in [-0.15, -0.1) is 0 Å². The fourth-order valence-electron chi connectivity index (χ4n) is 1.04. The predicted octanol–water partition coefficient (Wildman–Crippen LogP) is -0.0406. The SMILES string of the molecule is O=C(NCCOCCO)c1ncccc1F. The number of rotatable bonds is 6. The van der Waals surface area contributed by atoms with Gasteiger partial charge < -0.3 is 15.2 Å². The van der Waals surface area contributed by atoms with Crippen LogP contribution >= 0.6 is 0 Å². The summed E-state index contributed by atoms with van der Waals surface area (Å²) in [6.07, 6.45) is 1.35. The molecule has 0 radical (unpaired) electrons. The van der Waals surface area contributed by atoms with Crippen LogP contribution in [0.2, 0.25) is 0 Å². The summed E-state index contributed by atoms with van der Waals surface area (Å²) in [7, 11) is 0. The molecule has 0 saturated carbocycles. The van der Waals surface area contributed by atoms with Crippen molar-refractivity contribution >= 4 is 5.91 Å². The molecule has 1 aromatic heterocycles. The summed E-state index contributed by atoms with van der Waals surface area (Å²) in [4.78, 5) is 15.0. The largest absolute Gasteiger partial charge is 0.394 e. The van der Waals surface area contributed by atoms with E-state index in [1.165, 1.54) is 18.3 Å². The highest BCUT2D eigenvalue weighted by atomic mass is 19.1. The molecule has 0 unspecified atom stereocenters. The number of nitrogens with zero attached hydrogens (tertiary/aromatic N) is 1. The number of carbonyl (C=O) groups excluding carboxylic acids is 1. The quantitative estimate of drug-likeness (QED) is 0.670. The lowest BCUT2D eigenvalue weighted by Crippen LogP contribution is -2.29. The highest BCUT2D eigenvalue weighted by molar-refractivity contribution is 5.92. The number of amides is 1. The van der Waals surface area contributed by atoms with Crippen LogP contribution in [0, 0.1) is 5.82 Å². The third kappa shape index (κ3) is 3.92. The molecule has 0 spiro atoms. The molecule has 0 bridgehead atoms. The molecule has 0 atom stereocenters. The Morgan fingerprint density at radius 3 is 3.06 bits per heavy atom. The highest BCUT2D eigenvalue weighted by Gasteiger charge is 2.11. The average Bonchev–Trinajstić information content (AvgIpc) is 2.29. The molecule has 2 N–H and O–H groups in total. The number of carbonyl (C=O) groups is 1. The number of pyridine rings is 1. The van der Waals surface area contributed by atoms with Crippen molar-refractivity contribution in [1.82, 2.24) is 10.3 Å². The lowest BCUT2D eigenvalue weighted by molar-refractivity contribution is 0.0832. The van der Waals surface area contributed by atoms with Crippen LogP contribution in [0.25, 0.3) is 0 Å². The van der Waals surface area contributed by atoms with Gasteiger partial charge in [-0.3, -0.25) is 4.79 Å². The van der Waals surface area contributed by atoms with Crippen LogP contribution in [0.15, 0.2) is 18.3 Å². The maximum absolute atomic E-state index is 13.1. The molecule has 1 rings (SSSR count). The summed E-state index contributed by atoms with van der Waals surface area (Å²) < 4.78 is 18.0. The van der Waals surface area contributed by atoms with Crippen molar-refractivity contribution in [3.05, 3.63) is 29.8 Å². The molecule has 6 heteroatoms. The molecular weight excluding hydrogens is 215 g/mol. The van der Waals surface area contributed by atoms with Crippen molar-refractivity contribution in [1.29, 1.82) is 0 Å². The zero-order chi connectivity index (χ0) is 11.8. The van der Waals surface area contributed by atoms with E-state index in [0.717, 1.165) is 0 Å². The molecule has 88 valence electrons. The van der Waals surface area contributed by atoms with E-state index in [1.54, 1.807) is 0 Å². The Bertz CT molecular complexity index is 347. The Kier molecular flexibility index (Phi) is 5.38. The Hall–Kier alpha value is -1.53. The summed E-state index contributed by atoms with van der Waals surface area (Å²) in [5, 5.41) is 10.9. The monoisotopic (exact) mass is 228 g/mol. The Morgan fingerprint density at radius 1 is 1.56 bits per heavy atom. The second kappa shape index (κ2) is 6.86. The summed E-state index contributed by atoms with van der Waals surface area (Å²) in [6.45, 7) is 0.659. The molecule has 0 aromatic carbocycles. The van der Waals surface area contributed by atoms with Crippen LogP contribution in [-0.4, -0.2) is 42.4 Å². The summed E-state index contributed by atoms with van der Waals surface area (Å²) in [5.41, 5.74) is -0.232. The van der Waals surface area contributed by atoms with Gasteiger partial charge in [-0.05, 0) is 12.1 Å². The number of aliphatic hydroxyl groups is 1. The maximum atomic E-state index is 13.1. The minimum Gasteiger partial charge on any atom is -0.394 e. The van der Waals surface area contributed by atoms with Crippen molar-refractivity contribution < 1.29 is 19.0 Å². The first kappa shape index (κ1) is 12.5. The molecule has 1 heterocycles. The van der Waals surface area contributed by atoms with Crippen molar-refractivity contribution in [2.24, 2.45) is 0 Å². The van der Waals surface area contributed by atoms with Crippen LogP contribution < -0.4 is 5.32 Å². The van der Waals surface area contributed by atoms with Gasteiger partial charge in [0.2, 0.25) is 0 Å². The van der Waals surface area contributed by atoms with E-state index >= 15 is 0 Å². The van der Waals surface area contributed by atoms with Crippen molar-refractivity contribution in [2.75, 3.05) is 26.4 Å². The Labute approximate surface area is 92.3 Å². The molecule has 0 aliphatic rings. The van der Waals surface area contributed by atoms with Gasteiger partial charge in [0.25, 0.3) is 5.91 Å². The first-order chi connectivity index (χ1) is 7.75. The number of hydrogen-bond acceptors (Lipinski definition) is 4. The minimum absolute atomic E-state index is 0.0667. The number of aliphatic hydroxyl groups excluding tert-OH is 1. The van der Waals surface area contributed by atoms with E-state index in [2.05, 4.69) is 10.3 Å². The van der Waals surface area contributed by atoms with E-state index in [0.29, 0.717) is 0 Å². The molecule has 5 nitrogen and oxygen atoms in total. The van der Waals surface area contributed by atoms with E-state index in [4.69, 9.17) is 9.84 Å². The fourth-order valence-corrected chi connectivity index (χ4v) is 1.04. The molecule has 1 aromatic rings. The molecule has 0 fully saturated rings. The highest BCUT2D eigenvalue weighted by Crippen LogP contribution is 2.01. The number of hydrogen-bond donors (Lipinski definition) is 2. The number of nitrogens with one attached hydrogen (secondary N) is 1. The van der Waals surface area contributed by atoms with Crippen LogP contribution in [0.1, 0.15) is 10.5 Å². The van der Waals surface area contributed by atoms with E-state index in [1.807, 2.05) is 0 Å². The molecule has 0 aliphatic heterocycles. The van der Waals surface area contributed by atoms with E-state index in [-0.39, 0.29) is 32.1 Å². The number of ether oxygens (including phenoxy) is 1. The van der Waals surface area contributed by atoms with Gasteiger partial charge in [-0.25, -0.2) is 9.37 Å². The Morgan fingerprint density at radius 2 is 2.38 bits per heavy atom. The van der Waals surface area contributed by atoms with Crippen LogP contribution in [0.4, 0.5) is 4.39 Å². The lowest BCUT2D eigenvalue weighted by atomic mass is 10.3. The zero-order valence-electron chi connectivity index (χ0n) is 8.65. The summed E-state index contributed by atoms with van der Waals surface area (Å²) in [5.74, 6) is -1.23. The van der Waals surface area contributed by atoms with Gasteiger partial charge in [0.1, 0.15) is 0 Å². The predicted molar refractivity (Wildman–Crippen MR) is 54.4 cm³/mol. The average molecular weight is 228 g/mol. The number of halogens is 1. The Balaban J connectivity index is 2.33. The standard InChI is InChI=1S/C10H13FN2O3/c11-8-2-1-3-12-9(8)10(15)13-4-6-16-7-5-14/h1-3,14H,4-7H2,(H,13,15). The molecule has 0 aliphatic carbocycles. The normalized spacial score (nSPS) is 10.1. The van der Waals surface area contributed by atoms with Crippen LogP contribution in [0.3, 0.4) is 0 Å². The molecule has 16 heavy (non-hydrogen) atoms. The first-order valence-electron chi connectivity index (χ1n) is 4.83. The first-order valence-corrected chi connectivity index (χ1v) is 4.83. The van der Waals surface area contributed by atoms with E-state index in [9.17, 15) is 9.18 Å². The van der Waals surface area contributed by atoms with Crippen molar-refractivity contribution in [3.63, 3.8) is 0 Å². The van der Waals surface area contributed by atoms with Crippen molar-refractivity contribution in [3.8, 4) is 0 Å². The topological polar surface area (TPSA) is 71.5 Å². The van der Waals surface area contributed by atoms with Gasteiger partial charge in [-0.1, -0.05) is 0 Å². The second-order valence-corrected chi connectivity index (χ2v) is 2.93. The maximum Gasteiger partial charge on any atom is 0.273 e. The zero-order valence-corrected chi connectivity index (χ0v) is 8.65. The minimum atomic E-state index is -0.656. The smallest absolute Gasteiger partial charge is 0.273 e. The third-order valence-electron chi connectivity index (χ3n) is 1.74. The lowest BCUT2D eigenvalue weighted by Gasteiger charge is -2.05. The van der Waals surface area contributed by atoms with Gasteiger partial charge >= 0.3 is 0 Å². The van der Waals surface area contributed by atoms with Gasteiger partial charge in [0.05, 0.1) is 19.8 Å². The van der Waals surface area contributed by atoms with E-state index < -0.39 is 11.7 Å². The second-order valence-electron chi connectivity index (χ2n) is 2.93. The van der Waals surface area contributed by atoms with Crippen molar-refractivity contribution in [2.45, 2.75) is 0 Å². The summed E-state index contributed by atoms with van der Waals surface area (Å²) >= 11 is 0. The summed E-state index contributed by atoms with van der Waals surface area (Å²) in [6, 6.07) is 2.58. The van der Waals surface area contributed by atoms with Crippen LogP contribution in [-0.2, 0) is 4.74 Å². The fraction of sp³-hybridized carbons (Fsp3) is 0.400. The molecular formula is C10H13FN2O3. The number of aromatic nitrogens is 1. The van der Waals surface area contributed by atoms with Crippen LogP contribution in [0.5, 0.6) is 0 Å². The van der Waals surface area contributed by atoms with Gasteiger partial charge in [0, 0.05) is 12.7 Å². The molecule has 1 amide bonds. The third-order valence-corrected chi connectivity index (χ3v) is 1.74.